The van der Waals surface area contributed by atoms with E-state index in [0.717, 1.165) is 18.0 Å². The number of hydrogen-bond acceptors (Lipinski definition) is 3. The zero-order valence-corrected chi connectivity index (χ0v) is 11.1. The monoisotopic (exact) mass is 280 g/mol. The van der Waals surface area contributed by atoms with Crippen molar-refractivity contribution in [3.8, 4) is 11.3 Å². The summed E-state index contributed by atoms with van der Waals surface area (Å²) < 4.78 is 27.3. The molecule has 0 amide bonds. The summed E-state index contributed by atoms with van der Waals surface area (Å²) >= 11 is 1.39. The van der Waals surface area contributed by atoms with Crippen LogP contribution >= 0.6 is 11.3 Å². The van der Waals surface area contributed by atoms with Gasteiger partial charge in [-0.2, -0.15) is 0 Å². The standard InChI is InChI=1S/C14H14F2N2S/c15-10-6-3-7-11(16)13(10)12-8-19-14(18-12)17-9-4-1-2-5-9/h3,6-9H,1-2,4-5H2,(H,17,18). The van der Waals surface area contributed by atoms with Gasteiger partial charge in [0, 0.05) is 11.4 Å². The molecule has 1 saturated carbocycles. The highest BCUT2D eigenvalue weighted by Crippen LogP contribution is 2.30. The van der Waals surface area contributed by atoms with Crippen LogP contribution in [0.15, 0.2) is 23.6 Å². The SMILES string of the molecule is Fc1cccc(F)c1-c1csc(NC2CCCC2)n1. The van der Waals surface area contributed by atoms with Gasteiger partial charge in [-0.1, -0.05) is 18.9 Å². The molecular formula is C14H14F2N2S. The first-order valence-corrected chi connectivity index (χ1v) is 7.28. The van der Waals surface area contributed by atoms with E-state index in [9.17, 15) is 8.78 Å². The van der Waals surface area contributed by atoms with Gasteiger partial charge in [0.2, 0.25) is 0 Å². The van der Waals surface area contributed by atoms with Crippen molar-refractivity contribution in [3.05, 3.63) is 35.2 Å². The molecule has 5 heteroatoms. The molecule has 0 atom stereocenters. The largest absolute Gasteiger partial charge is 0.359 e. The predicted octanol–water partition coefficient (Wildman–Crippen LogP) is 4.44. The van der Waals surface area contributed by atoms with E-state index in [1.165, 1.54) is 42.4 Å². The average molecular weight is 280 g/mol. The molecule has 0 aliphatic heterocycles. The molecule has 1 aromatic heterocycles. The van der Waals surface area contributed by atoms with Crippen molar-refractivity contribution in [2.75, 3.05) is 5.32 Å². The second kappa shape index (κ2) is 5.25. The summed E-state index contributed by atoms with van der Waals surface area (Å²) in [6, 6.07) is 4.31. The lowest BCUT2D eigenvalue weighted by atomic mass is 10.1. The third-order valence-electron chi connectivity index (χ3n) is 3.41. The van der Waals surface area contributed by atoms with Crippen LogP contribution in [-0.2, 0) is 0 Å². The van der Waals surface area contributed by atoms with Gasteiger partial charge in [0.05, 0.1) is 11.3 Å². The fourth-order valence-corrected chi connectivity index (χ4v) is 3.22. The van der Waals surface area contributed by atoms with E-state index in [0.29, 0.717) is 11.7 Å². The molecule has 1 fully saturated rings. The maximum absolute atomic E-state index is 13.7. The lowest BCUT2D eigenvalue weighted by Crippen LogP contribution is -2.14. The summed E-state index contributed by atoms with van der Waals surface area (Å²) in [5.74, 6) is -1.14. The Hall–Kier alpha value is -1.49. The minimum atomic E-state index is -0.572. The van der Waals surface area contributed by atoms with Gasteiger partial charge in [0.1, 0.15) is 11.6 Å². The molecule has 100 valence electrons. The van der Waals surface area contributed by atoms with E-state index in [4.69, 9.17) is 0 Å². The molecule has 1 N–H and O–H groups in total. The number of thiazole rings is 1. The van der Waals surface area contributed by atoms with E-state index < -0.39 is 11.6 Å². The number of benzene rings is 1. The topological polar surface area (TPSA) is 24.9 Å². The summed E-state index contributed by atoms with van der Waals surface area (Å²) in [4.78, 5) is 4.29. The first-order valence-electron chi connectivity index (χ1n) is 6.40. The highest BCUT2D eigenvalue weighted by Gasteiger charge is 2.18. The lowest BCUT2D eigenvalue weighted by Gasteiger charge is -2.09. The number of anilines is 1. The van der Waals surface area contributed by atoms with Crippen molar-refractivity contribution in [2.24, 2.45) is 0 Å². The highest BCUT2D eigenvalue weighted by molar-refractivity contribution is 7.14. The van der Waals surface area contributed by atoms with Crippen LogP contribution in [0, 0.1) is 11.6 Å². The van der Waals surface area contributed by atoms with Crippen molar-refractivity contribution in [2.45, 2.75) is 31.7 Å². The van der Waals surface area contributed by atoms with Crippen LogP contribution in [-0.4, -0.2) is 11.0 Å². The molecule has 0 spiro atoms. The quantitative estimate of drug-likeness (QED) is 0.899. The van der Waals surface area contributed by atoms with E-state index in [1.807, 2.05) is 0 Å². The van der Waals surface area contributed by atoms with E-state index in [1.54, 1.807) is 5.38 Å². The molecule has 0 saturated heterocycles. The Morgan fingerprint density at radius 3 is 2.53 bits per heavy atom. The van der Waals surface area contributed by atoms with Crippen LogP contribution in [0.3, 0.4) is 0 Å². The zero-order valence-electron chi connectivity index (χ0n) is 10.3. The molecule has 2 aromatic rings. The Morgan fingerprint density at radius 2 is 1.84 bits per heavy atom. The van der Waals surface area contributed by atoms with E-state index in [2.05, 4.69) is 10.3 Å². The first-order chi connectivity index (χ1) is 9.24. The van der Waals surface area contributed by atoms with Gasteiger partial charge in [-0.05, 0) is 25.0 Å². The number of halogens is 2. The summed E-state index contributed by atoms with van der Waals surface area (Å²) in [7, 11) is 0. The molecular weight excluding hydrogens is 266 g/mol. The van der Waals surface area contributed by atoms with Gasteiger partial charge in [-0.3, -0.25) is 0 Å². The van der Waals surface area contributed by atoms with Gasteiger partial charge < -0.3 is 5.32 Å². The van der Waals surface area contributed by atoms with Crippen molar-refractivity contribution < 1.29 is 8.78 Å². The summed E-state index contributed by atoms with van der Waals surface area (Å²) in [5.41, 5.74) is 0.319. The van der Waals surface area contributed by atoms with Gasteiger partial charge in [0.15, 0.2) is 5.13 Å². The minimum Gasteiger partial charge on any atom is -0.359 e. The fourth-order valence-electron chi connectivity index (χ4n) is 2.44. The number of hydrogen-bond donors (Lipinski definition) is 1. The molecule has 3 rings (SSSR count). The molecule has 1 aliphatic rings. The Morgan fingerprint density at radius 1 is 1.16 bits per heavy atom. The number of nitrogens with one attached hydrogen (secondary N) is 1. The second-order valence-electron chi connectivity index (χ2n) is 4.76. The van der Waals surface area contributed by atoms with Crippen LogP contribution in [0.2, 0.25) is 0 Å². The molecule has 2 nitrogen and oxygen atoms in total. The molecule has 1 heterocycles. The second-order valence-corrected chi connectivity index (χ2v) is 5.62. The van der Waals surface area contributed by atoms with Crippen molar-refractivity contribution in [3.63, 3.8) is 0 Å². The van der Waals surface area contributed by atoms with Gasteiger partial charge in [-0.15, -0.1) is 11.3 Å². The smallest absolute Gasteiger partial charge is 0.183 e. The van der Waals surface area contributed by atoms with E-state index >= 15 is 0 Å². The van der Waals surface area contributed by atoms with Crippen molar-refractivity contribution >= 4 is 16.5 Å². The van der Waals surface area contributed by atoms with Crippen molar-refractivity contribution in [1.82, 2.24) is 4.98 Å². The average Bonchev–Trinajstić information content (AvgIpc) is 3.02. The van der Waals surface area contributed by atoms with Crippen LogP contribution in [0.1, 0.15) is 25.7 Å². The van der Waals surface area contributed by atoms with Gasteiger partial charge in [0.25, 0.3) is 0 Å². The fraction of sp³-hybridized carbons (Fsp3) is 0.357. The Bertz CT molecular complexity index is 556. The number of rotatable bonds is 3. The minimum absolute atomic E-state index is 0.0433. The summed E-state index contributed by atoms with van der Waals surface area (Å²) in [6.07, 6.45) is 4.75. The van der Waals surface area contributed by atoms with Gasteiger partial charge >= 0.3 is 0 Å². The molecule has 0 unspecified atom stereocenters. The highest BCUT2D eigenvalue weighted by atomic mass is 32.1. The maximum Gasteiger partial charge on any atom is 0.183 e. The number of nitrogens with zero attached hydrogens (tertiary/aromatic N) is 1. The Labute approximate surface area is 114 Å². The normalized spacial score (nSPS) is 15.9. The van der Waals surface area contributed by atoms with Crippen LogP contribution in [0.4, 0.5) is 13.9 Å². The lowest BCUT2D eigenvalue weighted by molar-refractivity contribution is 0.589. The van der Waals surface area contributed by atoms with E-state index in [-0.39, 0.29) is 5.56 Å². The predicted molar refractivity (Wildman–Crippen MR) is 73.3 cm³/mol. The van der Waals surface area contributed by atoms with Gasteiger partial charge in [-0.25, -0.2) is 13.8 Å². The number of aromatic nitrogens is 1. The van der Waals surface area contributed by atoms with Crippen molar-refractivity contribution in [1.29, 1.82) is 0 Å². The zero-order chi connectivity index (χ0) is 13.2. The molecule has 1 aliphatic carbocycles. The Balaban J connectivity index is 1.84. The maximum atomic E-state index is 13.7. The summed E-state index contributed by atoms with van der Waals surface area (Å²) in [6.45, 7) is 0. The third-order valence-corrected chi connectivity index (χ3v) is 4.18. The molecule has 0 bridgehead atoms. The first kappa shape index (κ1) is 12.5. The third kappa shape index (κ3) is 2.61. The Kier molecular flexibility index (Phi) is 3.46. The van der Waals surface area contributed by atoms with Crippen LogP contribution in [0.25, 0.3) is 11.3 Å². The summed E-state index contributed by atoms with van der Waals surface area (Å²) in [5, 5.41) is 5.77. The molecule has 0 radical (unpaired) electrons. The molecule has 19 heavy (non-hydrogen) atoms. The van der Waals surface area contributed by atoms with Crippen LogP contribution < -0.4 is 5.32 Å². The van der Waals surface area contributed by atoms with Crippen LogP contribution in [0.5, 0.6) is 0 Å². The molecule has 1 aromatic carbocycles.